The summed E-state index contributed by atoms with van der Waals surface area (Å²) in [5, 5.41) is 8.77. The second-order valence-electron chi connectivity index (χ2n) is 5.53. The van der Waals surface area contributed by atoms with Crippen molar-refractivity contribution in [2.24, 2.45) is 0 Å². The highest BCUT2D eigenvalue weighted by Gasteiger charge is 2.06. The molecule has 0 radical (unpaired) electrons. The molecule has 0 bridgehead atoms. The number of nitrogens with zero attached hydrogens (tertiary/aromatic N) is 1. The summed E-state index contributed by atoms with van der Waals surface area (Å²) in [4.78, 5) is 12.9. The molecule has 0 saturated heterocycles. The molecule has 110 valence electrons. The average molecular weight is 283 g/mol. The van der Waals surface area contributed by atoms with Crippen molar-refractivity contribution in [1.82, 2.24) is 0 Å². The zero-order valence-electron chi connectivity index (χ0n) is 12.8. The lowest BCUT2D eigenvalue weighted by Crippen LogP contribution is -2.17. The van der Waals surface area contributed by atoms with Crippen LogP contribution >= 0.6 is 0 Å². The van der Waals surface area contributed by atoms with Crippen molar-refractivity contribution >= 4 is 11.7 Å². The van der Waals surface area contributed by atoms with Crippen molar-refractivity contribution in [2.45, 2.75) is 26.8 Å². The van der Waals surface area contributed by atoms with E-state index >= 15 is 0 Å². The minimum atomic E-state index is -0.796. The van der Waals surface area contributed by atoms with Gasteiger partial charge in [0.1, 0.15) is 0 Å². The number of carboxylic acid groups (broad SMARTS) is 1. The third-order valence-corrected chi connectivity index (χ3v) is 3.56. The summed E-state index contributed by atoms with van der Waals surface area (Å²) in [6.45, 7) is 5.02. The molecule has 0 heterocycles. The molecule has 0 aromatic heterocycles. The molecule has 0 aliphatic heterocycles. The molecule has 0 aliphatic carbocycles. The molecule has 0 amide bonds. The molecule has 0 unspecified atom stereocenters. The van der Waals surface area contributed by atoms with Crippen LogP contribution in [0.4, 0.5) is 5.69 Å². The van der Waals surface area contributed by atoms with E-state index in [0.29, 0.717) is 0 Å². The molecule has 2 aromatic rings. The Bertz CT molecular complexity index is 632. The number of benzene rings is 2. The van der Waals surface area contributed by atoms with Crippen LogP contribution in [0.1, 0.15) is 22.3 Å². The van der Waals surface area contributed by atoms with E-state index in [1.165, 1.54) is 22.4 Å². The molecule has 0 fully saturated rings. The fourth-order valence-corrected chi connectivity index (χ4v) is 2.53. The van der Waals surface area contributed by atoms with Crippen LogP contribution in [0.15, 0.2) is 42.5 Å². The van der Waals surface area contributed by atoms with Gasteiger partial charge in [0.15, 0.2) is 0 Å². The van der Waals surface area contributed by atoms with E-state index in [1.54, 1.807) is 0 Å². The highest BCUT2D eigenvalue weighted by molar-refractivity contribution is 5.70. The molecule has 2 rings (SSSR count). The van der Waals surface area contributed by atoms with Crippen LogP contribution in [-0.4, -0.2) is 18.1 Å². The lowest BCUT2D eigenvalue weighted by Gasteiger charge is -2.22. The second-order valence-corrected chi connectivity index (χ2v) is 5.53. The number of rotatable bonds is 5. The van der Waals surface area contributed by atoms with E-state index < -0.39 is 5.97 Å². The number of hydrogen-bond acceptors (Lipinski definition) is 2. The van der Waals surface area contributed by atoms with Crippen LogP contribution in [0, 0.1) is 13.8 Å². The van der Waals surface area contributed by atoms with Crippen molar-refractivity contribution in [3.05, 3.63) is 64.7 Å². The average Bonchev–Trinajstić information content (AvgIpc) is 2.40. The van der Waals surface area contributed by atoms with Crippen molar-refractivity contribution < 1.29 is 9.90 Å². The van der Waals surface area contributed by atoms with Gasteiger partial charge in [0.05, 0.1) is 6.42 Å². The highest BCUT2D eigenvalue weighted by Crippen LogP contribution is 2.21. The molecular weight excluding hydrogens is 262 g/mol. The normalized spacial score (nSPS) is 10.4. The van der Waals surface area contributed by atoms with Gasteiger partial charge >= 0.3 is 5.97 Å². The Balaban J connectivity index is 2.08. The summed E-state index contributed by atoms with van der Waals surface area (Å²) in [5.41, 5.74) is 5.75. The Morgan fingerprint density at radius 3 is 2.24 bits per heavy atom. The van der Waals surface area contributed by atoms with Crippen molar-refractivity contribution in [3.63, 3.8) is 0 Å². The summed E-state index contributed by atoms with van der Waals surface area (Å²) < 4.78 is 0. The molecule has 0 spiro atoms. The maximum atomic E-state index is 10.7. The molecule has 1 N–H and O–H groups in total. The molecule has 3 nitrogen and oxygen atoms in total. The van der Waals surface area contributed by atoms with E-state index in [-0.39, 0.29) is 6.42 Å². The minimum Gasteiger partial charge on any atom is -0.481 e. The maximum absolute atomic E-state index is 10.7. The predicted octanol–water partition coefficient (Wildman–Crippen LogP) is 3.57. The lowest BCUT2D eigenvalue weighted by molar-refractivity contribution is -0.136. The molecule has 3 heteroatoms. The maximum Gasteiger partial charge on any atom is 0.307 e. The Morgan fingerprint density at radius 1 is 1.05 bits per heavy atom. The van der Waals surface area contributed by atoms with Crippen LogP contribution in [0.5, 0.6) is 0 Å². The van der Waals surface area contributed by atoms with Crippen LogP contribution in [0.3, 0.4) is 0 Å². The quantitative estimate of drug-likeness (QED) is 0.912. The molecule has 0 saturated carbocycles. The third kappa shape index (κ3) is 4.09. The molecule has 21 heavy (non-hydrogen) atoms. The largest absolute Gasteiger partial charge is 0.481 e. The number of anilines is 1. The summed E-state index contributed by atoms with van der Waals surface area (Å²) in [7, 11) is 2.07. The first-order valence-corrected chi connectivity index (χ1v) is 7.03. The summed E-state index contributed by atoms with van der Waals surface area (Å²) in [6, 6.07) is 14.2. The Kier molecular flexibility index (Phi) is 4.63. The fourth-order valence-electron chi connectivity index (χ4n) is 2.53. The standard InChI is InChI=1S/C18H21NO2/c1-13-4-9-17(14(2)10-13)19(3)12-16-7-5-15(6-8-16)11-18(20)21/h4-10H,11-12H2,1-3H3,(H,20,21). The number of hydrogen-bond donors (Lipinski definition) is 1. The van der Waals surface area contributed by atoms with Gasteiger partial charge in [-0.25, -0.2) is 0 Å². The Morgan fingerprint density at radius 2 is 1.67 bits per heavy atom. The first-order valence-electron chi connectivity index (χ1n) is 7.03. The number of aryl methyl sites for hydroxylation is 2. The van der Waals surface area contributed by atoms with E-state index in [1.807, 2.05) is 24.3 Å². The third-order valence-electron chi connectivity index (χ3n) is 3.56. The first-order chi connectivity index (χ1) is 9.95. The van der Waals surface area contributed by atoms with Gasteiger partial charge in [-0.15, -0.1) is 0 Å². The minimum absolute atomic E-state index is 0.0766. The smallest absolute Gasteiger partial charge is 0.307 e. The predicted molar refractivity (Wildman–Crippen MR) is 85.8 cm³/mol. The topological polar surface area (TPSA) is 40.5 Å². The van der Waals surface area contributed by atoms with Crippen LogP contribution in [-0.2, 0) is 17.8 Å². The zero-order chi connectivity index (χ0) is 15.4. The van der Waals surface area contributed by atoms with Gasteiger partial charge in [-0.05, 0) is 36.6 Å². The SMILES string of the molecule is Cc1ccc(N(C)Cc2ccc(CC(=O)O)cc2)c(C)c1. The second kappa shape index (κ2) is 6.44. The van der Waals surface area contributed by atoms with E-state index in [0.717, 1.165) is 12.1 Å². The highest BCUT2D eigenvalue weighted by atomic mass is 16.4. The van der Waals surface area contributed by atoms with E-state index in [4.69, 9.17) is 5.11 Å². The van der Waals surface area contributed by atoms with Gasteiger partial charge < -0.3 is 10.0 Å². The first kappa shape index (κ1) is 15.1. The summed E-state index contributed by atoms with van der Waals surface area (Å²) >= 11 is 0. The van der Waals surface area contributed by atoms with Gasteiger partial charge in [-0.1, -0.05) is 42.0 Å². The van der Waals surface area contributed by atoms with Crippen LogP contribution in [0.25, 0.3) is 0 Å². The monoisotopic (exact) mass is 283 g/mol. The van der Waals surface area contributed by atoms with E-state index in [9.17, 15) is 4.79 Å². The number of aliphatic carboxylic acids is 1. The molecule has 2 aromatic carbocycles. The lowest BCUT2D eigenvalue weighted by atomic mass is 10.1. The van der Waals surface area contributed by atoms with Gasteiger partial charge in [0.25, 0.3) is 0 Å². The van der Waals surface area contributed by atoms with Crippen LogP contribution in [0.2, 0.25) is 0 Å². The zero-order valence-corrected chi connectivity index (χ0v) is 12.8. The number of carbonyl (C=O) groups is 1. The van der Waals surface area contributed by atoms with E-state index in [2.05, 4.69) is 44.0 Å². The summed E-state index contributed by atoms with van der Waals surface area (Å²) in [6.07, 6.45) is 0.0766. The van der Waals surface area contributed by atoms with Gasteiger partial charge in [-0.2, -0.15) is 0 Å². The van der Waals surface area contributed by atoms with Crippen LogP contribution < -0.4 is 4.90 Å². The molecular formula is C18H21NO2. The number of carboxylic acids is 1. The fraction of sp³-hybridized carbons (Fsp3) is 0.278. The van der Waals surface area contributed by atoms with Crippen molar-refractivity contribution in [1.29, 1.82) is 0 Å². The summed E-state index contributed by atoms with van der Waals surface area (Å²) in [5.74, 6) is -0.796. The van der Waals surface area contributed by atoms with Gasteiger partial charge in [0, 0.05) is 19.3 Å². The molecule has 0 atom stereocenters. The van der Waals surface area contributed by atoms with Crippen molar-refractivity contribution in [2.75, 3.05) is 11.9 Å². The Labute approximate surface area is 125 Å². The van der Waals surface area contributed by atoms with Gasteiger partial charge in [-0.3, -0.25) is 4.79 Å². The Hall–Kier alpha value is -2.29. The van der Waals surface area contributed by atoms with Gasteiger partial charge in [0.2, 0.25) is 0 Å². The molecule has 0 aliphatic rings. The van der Waals surface area contributed by atoms with Crippen molar-refractivity contribution in [3.8, 4) is 0 Å².